The third kappa shape index (κ3) is 4.05. The maximum Gasteiger partial charge on any atom is 0.133 e. The van der Waals surface area contributed by atoms with Gasteiger partial charge in [-0.05, 0) is 19.8 Å². The maximum atomic E-state index is 11.0. The van der Waals surface area contributed by atoms with E-state index in [0.717, 1.165) is 32.2 Å². The molecule has 1 N–H and O–H groups in total. The van der Waals surface area contributed by atoms with Gasteiger partial charge < -0.3 is 5.32 Å². The van der Waals surface area contributed by atoms with Crippen molar-refractivity contribution in [1.82, 2.24) is 5.32 Å². The highest BCUT2D eigenvalue weighted by Gasteiger charge is 2.17. The minimum atomic E-state index is 0.420. The Labute approximate surface area is 87.9 Å². The summed E-state index contributed by atoms with van der Waals surface area (Å²) in [6.45, 7) is 2.89. The number of nitrogens with one attached hydrogen (secondary N) is 1. The summed E-state index contributed by atoms with van der Waals surface area (Å²) in [7, 11) is 0. The number of allylic oxidation sites excluding steroid dienone is 1. The van der Waals surface area contributed by atoms with Crippen LogP contribution < -0.4 is 5.32 Å². The lowest BCUT2D eigenvalue weighted by molar-refractivity contribution is -0.120. The van der Waals surface area contributed by atoms with E-state index in [-0.39, 0.29) is 0 Å². The SMILES string of the molecule is CC=C(Br)CNC1CCC(=O)CC1. The number of Topliss-reactive ketones (excluding diaryl/α,β-unsaturated/α-hetero) is 1. The van der Waals surface area contributed by atoms with E-state index in [4.69, 9.17) is 0 Å². The molecule has 3 heteroatoms. The van der Waals surface area contributed by atoms with Crippen molar-refractivity contribution in [3.05, 3.63) is 10.6 Å². The molecule has 1 aliphatic carbocycles. The van der Waals surface area contributed by atoms with E-state index in [1.54, 1.807) is 0 Å². The Morgan fingerprint density at radius 2 is 2.23 bits per heavy atom. The molecule has 0 heterocycles. The molecule has 0 unspecified atom stereocenters. The topological polar surface area (TPSA) is 29.1 Å². The molecule has 0 bridgehead atoms. The average Bonchev–Trinajstić information content (AvgIpc) is 2.16. The van der Waals surface area contributed by atoms with Crippen LogP contribution in [-0.4, -0.2) is 18.4 Å². The second kappa shape index (κ2) is 5.55. The zero-order valence-electron chi connectivity index (χ0n) is 7.98. The largest absolute Gasteiger partial charge is 0.309 e. The van der Waals surface area contributed by atoms with Crippen LogP contribution in [0.1, 0.15) is 32.6 Å². The molecule has 0 spiro atoms. The van der Waals surface area contributed by atoms with E-state index in [0.29, 0.717) is 11.8 Å². The van der Waals surface area contributed by atoms with E-state index in [2.05, 4.69) is 21.2 Å². The molecule has 0 aromatic carbocycles. The van der Waals surface area contributed by atoms with Crippen molar-refractivity contribution in [2.24, 2.45) is 0 Å². The van der Waals surface area contributed by atoms with Crippen LogP contribution in [0, 0.1) is 0 Å². The molecule has 0 aliphatic heterocycles. The van der Waals surface area contributed by atoms with Gasteiger partial charge in [-0.3, -0.25) is 4.79 Å². The molecule has 1 rings (SSSR count). The van der Waals surface area contributed by atoms with Crippen molar-refractivity contribution in [3.8, 4) is 0 Å². The number of carbonyl (C=O) groups is 1. The predicted molar refractivity (Wildman–Crippen MR) is 57.9 cm³/mol. The van der Waals surface area contributed by atoms with Crippen molar-refractivity contribution < 1.29 is 4.79 Å². The number of hydrogen-bond donors (Lipinski definition) is 1. The fourth-order valence-corrected chi connectivity index (χ4v) is 1.65. The number of carbonyl (C=O) groups excluding carboxylic acids is 1. The van der Waals surface area contributed by atoms with Crippen LogP contribution in [0.5, 0.6) is 0 Å². The first-order chi connectivity index (χ1) is 6.22. The van der Waals surface area contributed by atoms with Gasteiger partial charge in [-0.15, -0.1) is 0 Å². The first kappa shape index (κ1) is 10.9. The molecule has 0 aromatic rings. The summed E-state index contributed by atoms with van der Waals surface area (Å²) in [6.07, 6.45) is 5.56. The second-order valence-corrected chi connectivity index (χ2v) is 4.45. The fourth-order valence-electron chi connectivity index (χ4n) is 1.49. The lowest BCUT2D eigenvalue weighted by Gasteiger charge is -2.21. The van der Waals surface area contributed by atoms with Gasteiger partial charge in [0.15, 0.2) is 0 Å². The van der Waals surface area contributed by atoms with Crippen LogP contribution in [0.15, 0.2) is 10.6 Å². The number of hydrogen-bond acceptors (Lipinski definition) is 2. The van der Waals surface area contributed by atoms with Gasteiger partial charge in [0.2, 0.25) is 0 Å². The standard InChI is InChI=1S/C10H16BrNO/c1-2-8(11)7-12-9-3-5-10(13)6-4-9/h2,9,12H,3-7H2,1H3. The van der Waals surface area contributed by atoms with E-state index in [1.165, 1.54) is 4.48 Å². The van der Waals surface area contributed by atoms with Gasteiger partial charge in [0.25, 0.3) is 0 Å². The summed E-state index contributed by atoms with van der Waals surface area (Å²) in [5.74, 6) is 0.420. The van der Waals surface area contributed by atoms with Crippen LogP contribution in [0.2, 0.25) is 0 Å². The van der Waals surface area contributed by atoms with Crippen molar-refractivity contribution in [3.63, 3.8) is 0 Å². The normalized spacial score (nSPS) is 20.8. The fraction of sp³-hybridized carbons (Fsp3) is 0.700. The van der Waals surface area contributed by atoms with Crippen LogP contribution in [0.25, 0.3) is 0 Å². The third-order valence-electron chi connectivity index (χ3n) is 2.42. The number of halogens is 1. The Bertz CT molecular complexity index is 203. The third-order valence-corrected chi connectivity index (χ3v) is 3.15. The van der Waals surface area contributed by atoms with Crippen molar-refractivity contribution in [1.29, 1.82) is 0 Å². The zero-order valence-corrected chi connectivity index (χ0v) is 9.56. The van der Waals surface area contributed by atoms with Crippen LogP contribution in [-0.2, 0) is 4.79 Å². The molecular formula is C10H16BrNO. The van der Waals surface area contributed by atoms with E-state index in [1.807, 2.05) is 13.0 Å². The summed E-state index contributed by atoms with van der Waals surface area (Å²) >= 11 is 3.45. The Morgan fingerprint density at radius 3 is 2.77 bits per heavy atom. The van der Waals surface area contributed by atoms with Crippen molar-refractivity contribution in [2.75, 3.05) is 6.54 Å². The molecule has 13 heavy (non-hydrogen) atoms. The minimum Gasteiger partial charge on any atom is -0.309 e. The van der Waals surface area contributed by atoms with Gasteiger partial charge in [0.1, 0.15) is 5.78 Å². The van der Waals surface area contributed by atoms with E-state index >= 15 is 0 Å². The van der Waals surface area contributed by atoms with Gasteiger partial charge in [0.05, 0.1) is 0 Å². The maximum absolute atomic E-state index is 11.0. The molecule has 0 radical (unpaired) electrons. The van der Waals surface area contributed by atoms with Crippen molar-refractivity contribution >= 4 is 21.7 Å². The highest BCUT2D eigenvalue weighted by molar-refractivity contribution is 9.11. The second-order valence-electron chi connectivity index (χ2n) is 3.43. The smallest absolute Gasteiger partial charge is 0.133 e. The van der Waals surface area contributed by atoms with E-state index < -0.39 is 0 Å². The molecule has 1 fully saturated rings. The van der Waals surface area contributed by atoms with Gasteiger partial charge >= 0.3 is 0 Å². The Hall–Kier alpha value is -0.150. The Kier molecular flexibility index (Phi) is 4.67. The van der Waals surface area contributed by atoms with Crippen LogP contribution in [0.4, 0.5) is 0 Å². The number of rotatable bonds is 3. The van der Waals surface area contributed by atoms with Crippen LogP contribution >= 0.6 is 15.9 Å². The highest BCUT2D eigenvalue weighted by atomic mass is 79.9. The lowest BCUT2D eigenvalue weighted by atomic mass is 9.94. The summed E-state index contributed by atoms with van der Waals surface area (Å²) < 4.78 is 1.18. The Balaban J connectivity index is 2.19. The zero-order chi connectivity index (χ0) is 9.68. The molecule has 74 valence electrons. The first-order valence-corrected chi connectivity index (χ1v) is 5.57. The lowest BCUT2D eigenvalue weighted by Crippen LogP contribution is -2.33. The monoisotopic (exact) mass is 245 g/mol. The quantitative estimate of drug-likeness (QED) is 0.828. The molecule has 0 aromatic heterocycles. The summed E-state index contributed by atoms with van der Waals surface area (Å²) in [4.78, 5) is 11.0. The van der Waals surface area contributed by atoms with Crippen molar-refractivity contribution in [2.45, 2.75) is 38.6 Å². The molecule has 0 amide bonds. The summed E-state index contributed by atoms with van der Waals surface area (Å²) in [6, 6.07) is 0.533. The van der Waals surface area contributed by atoms with Gasteiger partial charge in [-0.2, -0.15) is 0 Å². The molecule has 0 atom stereocenters. The average molecular weight is 246 g/mol. The molecule has 1 saturated carbocycles. The molecule has 0 saturated heterocycles. The molecule has 1 aliphatic rings. The highest BCUT2D eigenvalue weighted by Crippen LogP contribution is 2.15. The summed E-state index contributed by atoms with van der Waals surface area (Å²) in [5.41, 5.74) is 0. The molecular weight excluding hydrogens is 230 g/mol. The van der Waals surface area contributed by atoms with E-state index in [9.17, 15) is 4.79 Å². The van der Waals surface area contributed by atoms with Gasteiger partial charge in [0, 0.05) is 29.9 Å². The number of ketones is 1. The molecule has 2 nitrogen and oxygen atoms in total. The van der Waals surface area contributed by atoms with Gasteiger partial charge in [-0.1, -0.05) is 22.0 Å². The van der Waals surface area contributed by atoms with Crippen LogP contribution in [0.3, 0.4) is 0 Å². The van der Waals surface area contributed by atoms with Gasteiger partial charge in [-0.25, -0.2) is 0 Å². The predicted octanol–water partition coefficient (Wildman–Crippen LogP) is 2.39. The Morgan fingerprint density at radius 1 is 1.62 bits per heavy atom. The first-order valence-electron chi connectivity index (χ1n) is 4.78. The summed E-state index contributed by atoms with van der Waals surface area (Å²) in [5, 5.41) is 3.43. The minimum absolute atomic E-state index is 0.420.